The van der Waals surface area contributed by atoms with Crippen molar-refractivity contribution in [3.05, 3.63) is 64.7 Å². The van der Waals surface area contributed by atoms with Gasteiger partial charge in [-0.3, -0.25) is 19.7 Å². The second-order valence-electron chi connectivity index (χ2n) is 6.21. The van der Waals surface area contributed by atoms with Gasteiger partial charge in [0.05, 0.1) is 23.2 Å². The largest absolute Gasteiger partial charge is 0.461 e. The molecule has 0 saturated carbocycles. The number of fused-ring (bicyclic) bond motifs is 1. The Morgan fingerprint density at radius 3 is 2.59 bits per heavy atom. The van der Waals surface area contributed by atoms with Gasteiger partial charge in [0.1, 0.15) is 12.8 Å². The van der Waals surface area contributed by atoms with Crippen molar-refractivity contribution in [3.63, 3.8) is 0 Å². The molecule has 2 aromatic rings. The molecule has 1 atom stereocenters. The molecular weight excluding hydrogens is 351 g/mol. The molecule has 0 radical (unpaired) electrons. The third-order valence-electron chi connectivity index (χ3n) is 4.31. The minimum atomic E-state index is -1.47. The Morgan fingerprint density at radius 1 is 1.15 bits per heavy atom. The first-order chi connectivity index (χ1) is 13.0. The van der Waals surface area contributed by atoms with E-state index in [0.717, 1.165) is 5.56 Å². The number of anilines is 1. The molecule has 7 heteroatoms. The van der Waals surface area contributed by atoms with Gasteiger partial charge in [0.15, 0.2) is 0 Å². The Kier molecular flexibility index (Phi) is 5.49. The number of rotatable bonds is 7. The van der Waals surface area contributed by atoms with Gasteiger partial charge in [-0.05, 0) is 17.2 Å². The van der Waals surface area contributed by atoms with Gasteiger partial charge >= 0.3 is 5.97 Å². The number of ether oxygens (including phenoxy) is 1. The summed E-state index contributed by atoms with van der Waals surface area (Å²) in [4.78, 5) is 35.5. The predicted octanol–water partition coefficient (Wildman–Crippen LogP) is 2.63. The summed E-state index contributed by atoms with van der Waals surface area (Å²) < 4.78 is 19.5. The summed E-state index contributed by atoms with van der Waals surface area (Å²) in [5.41, 5.74) is 2.21. The molecule has 1 aliphatic rings. The van der Waals surface area contributed by atoms with E-state index in [-0.39, 0.29) is 24.2 Å². The van der Waals surface area contributed by atoms with Crippen molar-refractivity contribution in [3.8, 4) is 0 Å². The molecule has 3 rings (SSSR count). The maximum Gasteiger partial charge on any atom is 0.309 e. The van der Waals surface area contributed by atoms with Gasteiger partial charge in [-0.25, -0.2) is 4.39 Å². The Hall–Kier alpha value is -3.22. The molecule has 0 aliphatic carbocycles. The Balaban J connectivity index is 1.63. The summed E-state index contributed by atoms with van der Waals surface area (Å²) in [6.45, 7) is 0.0925. The number of amides is 2. The average Bonchev–Trinajstić information content (AvgIpc) is 2.94. The van der Waals surface area contributed by atoms with Gasteiger partial charge in [0.2, 0.25) is 0 Å². The van der Waals surface area contributed by atoms with E-state index in [1.54, 1.807) is 13.1 Å². The smallest absolute Gasteiger partial charge is 0.309 e. The lowest BCUT2D eigenvalue weighted by atomic mass is 9.98. The van der Waals surface area contributed by atoms with Gasteiger partial charge < -0.3 is 10.1 Å². The number of carbonyl (C=O) groups is 3. The lowest BCUT2D eigenvalue weighted by Crippen LogP contribution is -2.20. The van der Waals surface area contributed by atoms with Crippen molar-refractivity contribution < 1.29 is 23.5 Å². The molecular formula is C20H19FN2O4. The second kappa shape index (κ2) is 7.99. The van der Waals surface area contributed by atoms with Crippen LogP contribution in [0.25, 0.3) is 0 Å². The summed E-state index contributed by atoms with van der Waals surface area (Å²) in [6, 6.07) is 12.2. The zero-order valence-corrected chi connectivity index (χ0v) is 14.8. The number of benzene rings is 2. The normalized spacial score (nSPS) is 13.7. The molecule has 27 heavy (non-hydrogen) atoms. The Labute approximate surface area is 155 Å². The van der Waals surface area contributed by atoms with Crippen LogP contribution in [0.3, 0.4) is 0 Å². The van der Waals surface area contributed by atoms with Crippen LogP contribution in [-0.4, -0.2) is 31.0 Å². The summed E-state index contributed by atoms with van der Waals surface area (Å²) in [5.74, 6) is -1.62. The van der Waals surface area contributed by atoms with E-state index >= 15 is 0 Å². The number of imide groups is 1. The van der Waals surface area contributed by atoms with Crippen molar-refractivity contribution >= 4 is 23.5 Å². The van der Waals surface area contributed by atoms with E-state index in [1.165, 1.54) is 6.07 Å². The summed E-state index contributed by atoms with van der Waals surface area (Å²) in [7, 11) is 1.59. The van der Waals surface area contributed by atoms with Crippen LogP contribution in [0.1, 0.15) is 38.3 Å². The molecule has 2 aromatic carbocycles. The van der Waals surface area contributed by atoms with Crippen LogP contribution in [0.15, 0.2) is 42.5 Å². The molecule has 2 amide bonds. The van der Waals surface area contributed by atoms with E-state index < -0.39 is 30.4 Å². The number of esters is 1. The Morgan fingerprint density at radius 2 is 1.89 bits per heavy atom. The maximum absolute atomic E-state index is 14.4. The fourth-order valence-electron chi connectivity index (χ4n) is 3.05. The zero-order valence-electron chi connectivity index (χ0n) is 14.8. The van der Waals surface area contributed by atoms with Gasteiger partial charge in [0.25, 0.3) is 11.8 Å². The van der Waals surface area contributed by atoms with Gasteiger partial charge in [-0.1, -0.05) is 36.4 Å². The molecule has 0 fully saturated rings. The van der Waals surface area contributed by atoms with Crippen LogP contribution in [0.5, 0.6) is 0 Å². The van der Waals surface area contributed by atoms with E-state index in [1.807, 2.05) is 30.3 Å². The van der Waals surface area contributed by atoms with Crippen molar-refractivity contribution in [1.82, 2.24) is 5.32 Å². The third kappa shape index (κ3) is 4.13. The van der Waals surface area contributed by atoms with Gasteiger partial charge in [-0.15, -0.1) is 0 Å². The first kappa shape index (κ1) is 18.6. The third-order valence-corrected chi connectivity index (χ3v) is 4.31. The van der Waals surface area contributed by atoms with E-state index in [4.69, 9.17) is 4.74 Å². The topological polar surface area (TPSA) is 84.5 Å². The first-order valence-electron chi connectivity index (χ1n) is 8.52. The van der Waals surface area contributed by atoms with Crippen LogP contribution in [0, 0.1) is 0 Å². The van der Waals surface area contributed by atoms with Crippen LogP contribution in [-0.2, 0) is 22.6 Å². The molecule has 1 aliphatic heterocycles. The number of nitrogens with one attached hydrogen (secondary N) is 2. The second-order valence-corrected chi connectivity index (χ2v) is 6.21. The highest BCUT2D eigenvalue weighted by Crippen LogP contribution is 2.29. The van der Waals surface area contributed by atoms with Crippen molar-refractivity contribution in [2.75, 3.05) is 12.4 Å². The summed E-state index contributed by atoms with van der Waals surface area (Å²) in [5, 5.41) is 5.07. The van der Waals surface area contributed by atoms with Crippen molar-refractivity contribution in [1.29, 1.82) is 0 Å². The van der Waals surface area contributed by atoms with Gasteiger partial charge in [-0.2, -0.15) is 0 Å². The number of hydrogen-bond donors (Lipinski definition) is 2. The van der Waals surface area contributed by atoms with Crippen LogP contribution < -0.4 is 10.6 Å². The number of halogens is 1. The molecule has 0 spiro atoms. The lowest BCUT2D eigenvalue weighted by Gasteiger charge is -2.14. The van der Waals surface area contributed by atoms with Crippen LogP contribution >= 0.6 is 0 Å². The molecule has 1 unspecified atom stereocenters. The fourth-order valence-corrected chi connectivity index (χ4v) is 3.05. The molecule has 0 saturated heterocycles. The monoisotopic (exact) mass is 370 g/mol. The maximum atomic E-state index is 14.4. The quantitative estimate of drug-likeness (QED) is 0.578. The number of alkyl halides is 1. The number of carbonyl (C=O) groups excluding carboxylic acids is 3. The van der Waals surface area contributed by atoms with Crippen molar-refractivity contribution in [2.45, 2.75) is 25.6 Å². The standard InChI is InChI=1S/C20H19FN2O4/c1-22-18-13(7-8-15-17(18)20(26)23-19(15)25)9-14(21)10-16(24)27-11-12-5-3-2-4-6-12/h2-8,14,22H,9-11H2,1H3,(H,23,25,26). The predicted molar refractivity (Wildman–Crippen MR) is 97.2 cm³/mol. The molecule has 1 heterocycles. The minimum absolute atomic E-state index is 0.0780. The number of hydrogen-bond acceptors (Lipinski definition) is 5. The van der Waals surface area contributed by atoms with E-state index in [0.29, 0.717) is 11.3 Å². The highest BCUT2D eigenvalue weighted by molar-refractivity contribution is 6.24. The van der Waals surface area contributed by atoms with Crippen LogP contribution in [0.2, 0.25) is 0 Å². The summed E-state index contributed by atoms with van der Waals surface area (Å²) in [6.07, 6.45) is -1.94. The SMILES string of the molecule is CNc1c(CC(F)CC(=O)OCc2ccccc2)ccc2c1C(=O)NC2=O. The highest BCUT2D eigenvalue weighted by Gasteiger charge is 2.31. The molecule has 6 nitrogen and oxygen atoms in total. The molecule has 2 N–H and O–H groups in total. The van der Waals surface area contributed by atoms with Crippen LogP contribution in [0.4, 0.5) is 10.1 Å². The molecule has 0 aromatic heterocycles. The van der Waals surface area contributed by atoms with Gasteiger partial charge in [0, 0.05) is 13.5 Å². The Bertz CT molecular complexity index is 883. The zero-order chi connectivity index (χ0) is 19.4. The first-order valence-corrected chi connectivity index (χ1v) is 8.52. The average molecular weight is 370 g/mol. The molecule has 140 valence electrons. The summed E-state index contributed by atoms with van der Waals surface area (Å²) >= 11 is 0. The minimum Gasteiger partial charge on any atom is -0.461 e. The lowest BCUT2D eigenvalue weighted by molar-refractivity contribution is -0.146. The fraction of sp³-hybridized carbons (Fsp3) is 0.250. The van der Waals surface area contributed by atoms with Crippen molar-refractivity contribution in [2.24, 2.45) is 0 Å². The van der Waals surface area contributed by atoms with E-state index in [2.05, 4.69) is 10.6 Å². The molecule has 0 bridgehead atoms. The van der Waals surface area contributed by atoms with E-state index in [9.17, 15) is 18.8 Å². The highest BCUT2D eigenvalue weighted by atomic mass is 19.1.